The number of amides is 1. The van der Waals surface area contributed by atoms with Gasteiger partial charge in [0.15, 0.2) is 5.82 Å². The maximum Gasteiger partial charge on any atom is 0.217 e. The Morgan fingerprint density at radius 2 is 2.11 bits per heavy atom. The minimum absolute atomic E-state index is 0.0227. The molecule has 0 bridgehead atoms. The van der Waals surface area contributed by atoms with Gasteiger partial charge in [-0.05, 0) is 20.3 Å². The van der Waals surface area contributed by atoms with Gasteiger partial charge in [-0.1, -0.05) is 35.5 Å². The van der Waals surface area contributed by atoms with Crippen LogP contribution in [0.25, 0.3) is 11.4 Å². The molecule has 0 radical (unpaired) electrons. The molecule has 2 N–H and O–H groups in total. The van der Waals surface area contributed by atoms with Crippen LogP contribution in [0.5, 0.6) is 0 Å². The zero-order valence-electron chi connectivity index (χ0n) is 16.3. The second kappa shape index (κ2) is 7.55. The number of aryl methyl sites for hydroxylation is 2. The van der Waals surface area contributed by atoms with Crippen LogP contribution in [-0.2, 0) is 11.3 Å². The lowest BCUT2D eigenvalue weighted by Crippen LogP contribution is -2.35. The number of H-pyrrole nitrogens is 1. The molecule has 3 aromatic rings. The molecule has 1 aromatic carbocycles. The molecule has 3 heterocycles. The Labute approximate surface area is 163 Å². The van der Waals surface area contributed by atoms with E-state index in [4.69, 9.17) is 9.51 Å². The number of carbonyl (C=O) groups excluding carboxylic acids is 1. The first-order valence-corrected chi connectivity index (χ1v) is 9.42. The fourth-order valence-corrected chi connectivity index (χ4v) is 3.83. The van der Waals surface area contributed by atoms with Gasteiger partial charge in [-0.15, -0.1) is 0 Å². The van der Waals surface area contributed by atoms with Gasteiger partial charge in [-0.2, -0.15) is 5.10 Å². The van der Waals surface area contributed by atoms with Crippen LogP contribution in [0.2, 0.25) is 0 Å². The summed E-state index contributed by atoms with van der Waals surface area (Å²) in [7, 11) is 0. The predicted molar refractivity (Wildman–Crippen MR) is 103 cm³/mol. The van der Waals surface area contributed by atoms with Gasteiger partial charge in [0, 0.05) is 37.2 Å². The molecular formula is C20H24N6O2. The normalized spacial score (nSPS) is 19.8. The maximum absolute atomic E-state index is 11.6. The Balaban J connectivity index is 1.60. The van der Waals surface area contributed by atoms with Crippen molar-refractivity contribution in [2.75, 3.05) is 6.54 Å². The van der Waals surface area contributed by atoms with Gasteiger partial charge in [0.05, 0.1) is 11.7 Å². The average Bonchev–Trinajstić information content (AvgIpc) is 3.38. The molecule has 28 heavy (non-hydrogen) atoms. The van der Waals surface area contributed by atoms with Gasteiger partial charge in [0.2, 0.25) is 5.91 Å². The molecule has 8 heteroatoms. The van der Waals surface area contributed by atoms with Crippen LogP contribution in [0.4, 0.5) is 0 Å². The van der Waals surface area contributed by atoms with Gasteiger partial charge >= 0.3 is 0 Å². The Morgan fingerprint density at radius 1 is 1.32 bits per heavy atom. The zero-order chi connectivity index (χ0) is 19.7. The molecule has 0 aliphatic carbocycles. The lowest BCUT2D eigenvalue weighted by atomic mass is 10.1. The molecule has 0 saturated carbocycles. The highest BCUT2D eigenvalue weighted by Gasteiger charge is 2.36. The number of hydrogen-bond donors (Lipinski definition) is 2. The fraction of sp³-hybridized carbons (Fsp3) is 0.400. The molecule has 146 valence electrons. The molecule has 2 atom stereocenters. The topological polar surface area (TPSA) is 99.9 Å². The average molecular weight is 380 g/mol. The highest BCUT2D eigenvalue weighted by molar-refractivity contribution is 5.73. The third kappa shape index (κ3) is 3.68. The fourth-order valence-electron chi connectivity index (χ4n) is 3.83. The monoisotopic (exact) mass is 380 g/mol. The van der Waals surface area contributed by atoms with E-state index in [1.807, 2.05) is 44.2 Å². The molecule has 0 spiro atoms. The van der Waals surface area contributed by atoms with E-state index >= 15 is 0 Å². The summed E-state index contributed by atoms with van der Waals surface area (Å²) in [6, 6.07) is 9.97. The second-order valence-electron chi connectivity index (χ2n) is 7.29. The van der Waals surface area contributed by atoms with Crippen molar-refractivity contribution in [3.8, 4) is 11.4 Å². The third-order valence-corrected chi connectivity index (χ3v) is 5.20. The number of benzene rings is 1. The number of likely N-dealkylation sites (tertiary alicyclic amines) is 1. The standard InChI is InChI=1S/C20H24N6O2/c1-12-17(13(2)28-25-12)11-26-10-16(21-14(3)27)9-18(26)20-22-19(23-24-20)15-7-5-4-6-8-15/h4-8,16,18H,9-11H2,1-3H3,(H,21,27)(H,22,23,24). The van der Waals surface area contributed by atoms with Crippen molar-refractivity contribution in [1.29, 1.82) is 0 Å². The summed E-state index contributed by atoms with van der Waals surface area (Å²) in [5, 5.41) is 14.6. The second-order valence-corrected chi connectivity index (χ2v) is 7.29. The van der Waals surface area contributed by atoms with Crippen molar-refractivity contribution in [3.63, 3.8) is 0 Å². The molecular weight excluding hydrogens is 356 g/mol. The molecule has 1 aliphatic heterocycles. The van der Waals surface area contributed by atoms with Crippen LogP contribution in [0.1, 0.15) is 42.2 Å². The van der Waals surface area contributed by atoms with Crippen molar-refractivity contribution in [2.45, 2.75) is 45.8 Å². The van der Waals surface area contributed by atoms with Gasteiger partial charge in [-0.25, -0.2) is 4.98 Å². The van der Waals surface area contributed by atoms with E-state index in [2.05, 4.69) is 25.6 Å². The van der Waals surface area contributed by atoms with Gasteiger partial charge in [0.25, 0.3) is 0 Å². The summed E-state index contributed by atoms with van der Waals surface area (Å²) < 4.78 is 5.32. The van der Waals surface area contributed by atoms with Crippen LogP contribution in [-0.4, -0.2) is 43.7 Å². The smallest absolute Gasteiger partial charge is 0.217 e. The Kier molecular flexibility index (Phi) is 4.95. The molecule has 8 nitrogen and oxygen atoms in total. The largest absolute Gasteiger partial charge is 0.361 e. The quantitative estimate of drug-likeness (QED) is 0.706. The highest BCUT2D eigenvalue weighted by Crippen LogP contribution is 2.33. The predicted octanol–water partition coefficient (Wildman–Crippen LogP) is 2.53. The Morgan fingerprint density at radius 3 is 2.79 bits per heavy atom. The van der Waals surface area contributed by atoms with Gasteiger partial charge in [-0.3, -0.25) is 14.8 Å². The lowest BCUT2D eigenvalue weighted by Gasteiger charge is -2.22. The lowest BCUT2D eigenvalue weighted by molar-refractivity contribution is -0.119. The molecule has 1 aliphatic rings. The summed E-state index contributed by atoms with van der Waals surface area (Å²) >= 11 is 0. The first-order valence-electron chi connectivity index (χ1n) is 9.42. The summed E-state index contributed by atoms with van der Waals surface area (Å²) in [5.41, 5.74) is 2.94. The summed E-state index contributed by atoms with van der Waals surface area (Å²) in [5.74, 6) is 2.28. The van der Waals surface area contributed by atoms with E-state index in [9.17, 15) is 4.79 Å². The van der Waals surface area contributed by atoms with Crippen LogP contribution in [0.15, 0.2) is 34.9 Å². The van der Waals surface area contributed by atoms with Crippen molar-refractivity contribution >= 4 is 5.91 Å². The molecule has 4 rings (SSSR count). The van der Waals surface area contributed by atoms with Crippen molar-refractivity contribution in [2.24, 2.45) is 0 Å². The number of nitrogens with zero attached hydrogens (tertiary/aromatic N) is 4. The molecule has 2 aromatic heterocycles. The van der Waals surface area contributed by atoms with Gasteiger partial charge in [0.1, 0.15) is 11.6 Å². The minimum atomic E-state index is -0.0227. The molecule has 2 unspecified atom stereocenters. The first-order chi connectivity index (χ1) is 13.5. The minimum Gasteiger partial charge on any atom is -0.361 e. The molecule has 1 fully saturated rings. The van der Waals surface area contributed by atoms with Crippen LogP contribution < -0.4 is 5.32 Å². The van der Waals surface area contributed by atoms with E-state index in [1.165, 1.54) is 0 Å². The van der Waals surface area contributed by atoms with E-state index < -0.39 is 0 Å². The molecule has 1 saturated heterocycles. The number of aromatic nitrogens is 4. The Hall–Kier alpha value is -3.00. The van der Waals surface area contributed by atoms with Crippen molar-refractivity contribution in [1.82, 2.24) is 30.6 Å². The summed E-state index contributed by atoms with van der Waals surface area (Å²) in [6.07, 6.45) is 0.770. The number of rotatable bonds is 5. The summed E-state index contributed by atoms with van der Waals surface area (Å²) in [4.78, 5) is 18.6. The van der Waals surface area contributed by atoms with Crippen molar-refractivity contribution < 1.29 is 9.32 Å². The van der Waals surface area contributed by atoms with Gasteiger partial charge < -0.3 is 9.84 Å². The number of carbonyl (C=O) groups is 1. The van der Waals surface area contributed by atoms with E-state index in [-0.39, 0.29) is 18.0 Å². The number of aromatic amines is 1. The third-order valence-electron chi connectivity index (χ3n) is 5.20. The van der Waals surface area contributed by atoms with Crippen LogP contribution in [0.3, 0.4) is 0 Å². The number of hydrogen-bond acceptors (Lipinski definition) is 6. The van der Waals surface area contributed by atoms with E-state index in [0.29, 0.717) is 12.4 Å². The Bertz CT molecular complexity index is 945. The molecule has 1 amide bonds. The van der Waals surface area contributed by atoms with E-state index in [1.54, 1.807) is 6.92 Å². The SMILES string of the molecule is CC(=O)NC1CC(c2nc(-c3ccccc3)n[nH]2)N(Cc2c(C)noc2C)C1. The van der Waals surface area contributed by atoms with Crippen molar-refractivity contribution in [3.05, 3.63) is 53.2 Å². The van der Waals surface area contributed by atoms with Crippen LogP contribution in [0, 0.1) is 13.8 Å². The highest BCUT2D eigenvalue weighted by atomic mass is 16.5. The number of nitrogens with one attached hydrogen (secondary N) is 2. The van der Waals surface area contributed by atoms with Crippen LogP contribution >= 0.6 is 0 Å². The zero-order valence-corrected chi connectivity index (χ0v) is 16.3. The summed E-state index contributed by atoms with van der Waals surface area (Å²) in [6.45, 7) is 6.84. The van der Waals surface area contributed by atoms with E-state index in [0.717, 1.165) is 41.4 Å². The first kappa shape index (κ1) is 18.4. The maximum atomic E-state index is 11.6.